The zero-order valence-corrected chi connectivity index (χ0v) is 17.6. The molecule has 2 nitrogen and oxygen atoms in total. The smallest absolute Gasteiger partial charge is 0.403 e. The molecule has 0 aromatic heterocycles. The van der Waals surface area contributed by atoms with Crippen LogP contribution in [0.2, 0.25) is 11.3 Å². The molecule has 142 valence electrons. The van der Waals surface area contributed by atoms with Gasteiger partial charge < -0.3 is 9.31 Å². The summed E-state index contributed by atoms with van der Waals surface area (Å²) in [5.41, 5.74) is 2.96. The maximum atomic E-state index is 6.25. The van der Waals surface area contributed by atoms with Gasteiger partial charge in [0.15, 0.2) is 0 Å². The third-order valence-electron chi connectivity index (χ3n) is 5.71. The largest absolute Gasteiger partial charge is 0.458 e. The summed E-state index contributed by atoms with van der Waals surface area (Å²) in [6, 6.07) is 18.5. The molecule has 2 aromatic rings. The Bertz CT molecular complexity index is 798. The predicted molar refractivity (Wildman–Crippen MR) is 115 cm³/mol. The van der Waals surface area contributed by atoms with Crippen molar-refractivity contribution in [3.05, 3.63) is 76.8 Å². The van der Waals surface area contributed by atoms with Crippen molar-refractivity contribution in [1.29, 1.82) is 0 Å². The average Bonchev–Trinajstić information content (AvgIpc) is 2.81. The van der Waals surface area contributed by atoms with Crippen molar-refractivity contribution in [3.63, 3.8) is 0 Å². The van der Waals surface area contributed by atoms with Crippen molar-refractivity contribution in [2.75, 3.05) is 0 Å². The van der Waals surface area contributed by atoms with E-state index in [1.807, 2.05) is 24.3 Å². The molecule has 1 saturated heterocycles. The summed E-state index contributed by atoms with van der Waals surface area (Å²) in [5, 5.41) is 0.752. The monoisotopic (exact) mass is 382 g/mol. The van der Waals surface area contributed by atoms with E-state index in [0.29, 0.717) is 0 Å². The second-order valence-corrected chi connectivity index (χ2v) is 8.74. The molecule has 2 aromatic carbocycles. The minimum absolute atomic E-state index is 0.194. The molecule has 0 N–H and O–H groups in total. The van der Waals surface area contributed by atoms with Gasteiger partial charge in [-0.2, -0.15) is 0 Å². The van der Waals surface area contributed by atoms with E-state index < -0.39 is 0 Å². The minimum Gasteiger partial charge on any atom is -0.403 e. The summed E-state index contributed by atoms with van der Waals surface area (Å²) in [7, 11) is -0.233. The Morgan fingerprint density at radius 3 is 2.22 bits per heavy atom. The van der Waals surface area contributed by atoms with Crippen LogP contribution in [0.4, 0.5) is 0 Å². The minimum atomic E-state index is -0.315. The van der Waals surface area contributed by atoms with Gasteiger partial charge in [-0.15, -0.1) is 0 Å². The van der Waals surface area contributed by atoms with E-state index in [4.69, 9.17) is 20.9 Å². The first kappa shape index (κ1) is 20.2. The molecule has 0 bridgehead atoms. The first-order valence-corrected chi connectivity index (χ1v) is 9.91. The molecule has 1 aliphatic heterocycles. The first-order chi connectivity index (χ1) is 12.7. The predicted octanol–water partition coefficient (Wildman–Crippen LogP) is 6.62. The molecule has 0 radical (unpaired) electrons. The summed E-state index contributed by atoms with van der Waals surface area (Å²) in [6.07, 6.45) is 3.07. The van der Waals surface area contributed by atoms with Crippen LogP contribution in [-0.4, -0.2) is 18.3 Å². The number of hydrogen-bond acceptors (Lipinski definition) is 2. The van der Waals surface area contributed by atoms with Crippen molar-refractivity contribution >= 4 is 24.3 Å². The lowest BCUT2D eigenvalue weighted by molar-refractivity contribution is 0.00578. The van der Waals surface area contributed by atoms with Crippen LogP contribution >= 0.6 is 11.6 Å². The highest BCUT2D eigenvalue weighted by molar-refractivity contribution is 6.45. The fourth-order valence-corrected chi connectivity index (χ4v) is 3.59. The molecule has 1 aliphatic rings. The van der Waals surface area contributed by atoms with Crippen LogP contribution in [0.3, 0.4) is 0 Å². The molecule has 0 aliphatic carbocycles. The molecule has 1 heterocycles. The summed E-state index contributed by atoms with van der Waals surface area (Å²) in [5.74, 6) is 0.194. The van der Waals surface area contributed by atoms with Crippen LogP contribution in [0.15, 0.2) is 60.7 Å². The molecule has 1 unspecified atom stereocenters. The standard InChI is InChI=1S/C23H28BClO2/c1-17(19-12-9-13-21(25)15-19)14-20(18-10-7-6-8-11-18)16-24-26-22(2,3)23(4,5)27-24/h6-15,20H,16H2,1-5H3/b17-14+. The van der Waals surface area contributed by atoms with Crippen LogP contribution in [0.25, 0.3) is 5.57 Å². The number of benzene rings is 2. The van der Waals surface area contributed by atoms with Crippen LogP contribution in [0.5, 0.6) is 0 Å². The highest BCUT2D eigenvalue weighted by Crippen LogP contribution is 2.40. The molecule has 0 saturated carbocycles. The quantitative estimate of drug-likeness (QED) is 0.541. The Labute approximate surface area is 168 Å². The second kappa shape index (κ2) is 7.83. The molecule has 27 heavy (non-hydrogen) atoms. The number of rotatable bonds is 5. The normalized spacial score (nSPS) is 19.9. The topological polar surface area (TPSA) is 18.5 Å². The molecule has 1 fully saturated rings. The fourth-order valence-electron chi connectivity index (χ4n) is 3.40. The van der Waals surface area contributed by atoms with Gasteiger partial charge in [-0.05, 0) is 69.8 Å². The van der Waals surface area contributed by atoms with Crippen LogP contribution in [0.1, 0.15) is 51.7 Å². The van der Waals surface area contributed by atoms with Crippen molar-refractivity contribution in [2.45, 2.75) is 58.1 Å². The van der Waals surface area contributed by atoms with Crippen LogP contribution in [0, 0.1) is 0 Å². The SMILES string of the molecule is C/C(=C\C(CB1OC(C)(C)C(C)(C)O1)c1ccccc1)c1cccc(Cl)c1. The van der Waals surface area contributed by atoms with Crippen LogP contribution in [-0.2, 0) is 9.31 Å². The van der Waals surface area contributed by atoms with Gasteiger partial charge in [0.25, 0.3) is 0 Å². The fraction of sp³-hybridized carbons (Fsp3) is 0.391. The van der Waals surface area contributed by atoms with E-state index in [9.17, 15) is 0 Å². The van der Waals surface area contributed by atoms with Crippen molar-refractivity contribution in [3.8, 4) is 0 Å². The molecule has 0 spiro atoms. The zero-order chi connectivity index (χ0) is 19.7. The molecule has 3 rings (SSSR count). The molecule has 0 amide bonds. The zero-order valence-electron chi connectivity index (χ0n) is 16.8. The molecular weight excluding hydrogens is 355 g/mol. The summed E-state index contributed by atoms with van der Waals surface area (Å²) in [6.45, 7) is 10.5. The van der Waals surface area contributed by atoms with Gasteiger partial charge in [0.05, 0.1) is 11.2 Å². The number of halogens is 1. The molecule has 4 heteroatoms. The van der Waals surface area contributed by atoms with Gasteiger partial charge in [0.1, 0.15) is 0 Å². The van der Waals surface area contributed by atoms with Crippen molar-refractivity contribution in [1.82, 2.24) is 0 Å². The Kier molecular flexibility index (Phi) is 5.86. The Morgan fingerprint density at radius 2 is 1.63 bits per heavy atom. The van der Waals surface area contributed by atoms with E-state index in [1.54, 1.807) is 0 Å². The average molecular weight is 383 g/mol. The summed E-state index contributed by atoms with van der Waals surface area (Å²) >= 11 is 6.18. The Morgan fingerprint density at radius 1 is 1.00 bits per heavy atom. The Balaban J connectivity index is 1.88. The second-order valence-electron chi connectivity index (χ2n) is 8.30. The van der Waals surface area contributed by atoms with Gasteiger partial charge >= 0.3 is 7.12 Å². The molecular formula is C23H28BClO2. The lowest BCUT2D eigenvalue weighted by atomic mass is 9.74. The van der Waals surface area contributed by atoms with Gasteiger partial charge in [-0.25, -0.2) is 0 Å². The maximum absolute atomic E-state index is 6.25. The maximum Gasteiger partial charge on any atom is 0.458 e. The van der Waals surface area contributed by atoms with Gasteiger partial charge in [0, 0.05) is 10.9 Å². The molecule has 1 atom stereocenters. The van der Waals surface area contributed by atoms with Gasteiger partial charge in [-0.3, -0.25) is 0 Å². The Hall–Kier alpha value is -1.55. The third-order valence-corrected chi connectivity index (χ3v) is 5.94. The van der Waals surface area contributed by atoms with Crippen molar-refractivity contribution in [2.24, 2.45) is 0 Å². The van der Waals surface area contributed by atoms with E-state index >= 15 is 0 Å². The first-order valence-electron chi connectivity index (χ1n) is 9.53. The van der Waals surface area contributed by atoms with E-state index in [2.05, 4.69) is 71.0 Å². The number of allylic oxidation sites excluding steroid dienone is 2. The highest BCUT2D eigenvalue weighted by Gasteiger charge is 2.51. The third kappa shape index (κ3) is 4.66. The number of hydrogen-bond donors (Lipinski definition) is 0. The van der Waals surface area contributed by atoms with E-state index in [0.717, 1.165) is 16.9 Å². The van der Waals surface area contributed by atoms with Crippen molar-refractivity contribution < 1.29 is 9.31 Å². The lowest BCUT2D eigenvalue weighted by Crippen LogP contribution is -2.41. The lowest BCUT2D eigenvalue weighted by Gasteiger charge is -2.32. The van der Waals surface area contributed by atoms with Gasteiger partial charge in [-0.1, -0.05) is 60.1 Å². The van der Waals surface area contributed by atoms with Gasteiger partial charge in [0.2, 0.25) is 0 Å². The summed E-state index contributed by atoms with van der Waals surface area (Å²) < 4.78 is 12.5. The van der Waals surface area contributed by atoms with E-state index in [1.165, 1.54) is 11.1 Å². The van der Waals surface area contributed by atoms with Crippen LogP contribution < -0.4 is 0 Å². The summed E-state index contributed by atoms with van der Waals surface area (Å²) in [4.78, 5) is 0. The van der Waals surface area contributed by atoms with E-state index in [-0.39, 0.29) is 24.2 Å². The highest BCUT2D eigenvalue weighted by atomic mass is 35.5.